The fourth-order valence-electron chi connectivity index (χ4n) is 3.51. The Morgan fingerprint density at radius 3 is 2.40 bits per heavy atom. The van der Waals surface area contributed by atoms with E-state index >= 15 is 0 Å². The predicted molar refractivity (Wildman–Crippen MR) is 144 cm³/mol. The van der Waals surface area contributed by atoms with Crippen LogP contribution in [0, 0.1) is 0 Å². The van der Waals surface area contributed by atoms with Crippen LogP contribution in [0.1, 0.15) is 24.5 Å². The molecule has 0 bridgehead atoms. The number of hydrogen-bond donors (Lipinski definition) is 1. The standard InChI is InChI=1S/C27H27BrCl2N2O3/c1-2-14-31-27(34)25(15-19-6-4-3-5-7-19)32(17-20-8-11-22(29)16-24(20)30)26(33)18-35-23-12-9-21(28)10-13-23/h3-13,16,25H,2,14-15,17-18H2,1H3,(H,31,34)/t25-/m0/s1. The molecule has 0 saturated carbocycles. The largest absolute Gasteiger partial charge is 0.484 e. The molecular formula is C27H27BrCl2N2O3. The van der Waals surface area contributed by atoms with Crippen LogP contribution in [0.25, 0.3) is 0 Å². The molecule has 0 radical (unpaired) electrons. The van der Waals surface area contributed by atoms with Crippen molar-refractivity contribution in [2.24, 2.45) is 0 Å². The molecular weight excluding hydrogens is 551 g/mol. The molecule has 8 heteroatoms. The van der Waals surface area contributed by atoms with Crippen LogP contribution in [0.15, 0.2) is 77.3 Å². The van der Waals surface area contributed by atoms with Gasteiger partial charge in [-0.1, -0.05) is 82.5 Å². The third-order valence-corrected chi connectivity index (χ3v) is 6.47. The van der Waals surface area contributed by atoms with Gasteiger partial charge in [-0.15, -0.1) is 0 Å². The molecule has 1 N–H and O–H groups in total. The summed E-state index contributed by atoms with van der Waals surface area (Å²) in [6.07, 6.45) is 1.14. The molecule has 3 aromatic carbocycles. The molecule has 0 aliphatic carbocycles. The smallest absolute Gasteiger partial charge is 0.261 e. The van der Waals surface area contributed by atoms with E-state index < -0.39 is 6.04 Å². The van der Waals surface area contributed by atoms with E-state index in [1.54, 1.807) is 30.3 Å². The van der Waals surface area contributed by atoms with Crippen molar-refractivity contribution < 1.29 is 14.3 Å². The van der Waals surface area contributed by atoms with Crippen molar-refractivity contribution in [3.8, 4) is 5.75 Å². The summed E-state index contributed by atoms with van der Waals surface area (Å²) in [5, 5.41) is 3.87. The lowest BCUT2D eigenvalue weighted by molar-refractivity contribution is -0.142. The Hall–Kier alpha value is -2.54. The van der Waals surface area contributed by atoms with E-state index in [0.717, 1.165) is 16.5 Å². The Morgan fingerprint density at radius 1 is 1.03 bits per heavy atom. The van der Waals surface area contributed by atoms with Crippen LogP contribution >= 0.6 is 39.1 Å². The van der Waals surface area contributed by atoms with Gasteiger partial charge in [0.1, 0.15) is 11.8 Å². The molecule has 184 valence electrons. The zero-order valence-corrected chi connectivity index (χ0v) is 22.4. The molecule has 0 aliphatic heterocycles. The quantitative estimate of drug-likeness (QED) is 0.291. The SMILES string of the molecule is CCCNC(=O)[C@H](Cc1ccccc1)N(Cc1ccc(Cl)cc1Cl)C(=O)COc1ccc(Br)cc1. The fourth-order valence-corrected chi connectivity index (χ4v) is 4.24. The van der Waals surface area contributed by atoms with Crippen LogP contribution in [0.5, 0.6) is 5.75 Å². The van der Waals surface area contributed by atoms with E-state index in [0.29, 0.717) is 34.3 Å². The summed E-state index contributed by atoms with van der Waals surface area (Å²) in [6.45, 7) is 2.41. The highest BCUT2D eigenvalue weighted by atomic mass is 79.9. The topological polar surface area (TPSA) is 58.6 Å². The zero-order valence-electron chi connectivity index (χ0n) is 19.3. The summed E-state index contributed by atoms with van der Waals surface area (Å²) in [7, 11) is 0. The van der Waals surface area contributed by atoms with Gasteiger partial charge in [-0.2, -0.15) is 0 Å². The molecule has 1 atom stereocenters. The van der Waals surface area contributed by atoms with E-state index in [9.17, 15) is 9.59 Å². The molecule has 0 saturated heterocycles. The second kappa shape index (κ2) is 13.5. The molecule has 2 amide bonds. The van der Waals surface area contributed by atoms with Crippen LogP contribution in [0.4, 0.5) is 0 Å². The van der Waals surface area contributed by atoms with Crippen molar-refractivity contribution in [1.29, 1.82) is 0 Å². The molecule has 5 nitrogen and oxygen atoms in total. The van der Waals surface area contributed by atoms with Gasteiger partial charge in [0.25, 0.3) is 5.91 Å². The highest BCUT2D eigenvalue weighted by Crippen LogP contribution is 2.24. The number of hydrogen-bond acceptors (Lipinski definition) is 3. The van der Waals surface area contributed by atoms with Gasteiger partial charge in [0, 0.05) is 34.0 Å². The third-order valence-electron chi connectivity index (χ3n) is 5.35. The fraction of sp³-hybridized carbons (Fsp3) is 0.259. The van der Waals surface area contributed by atoms with Crippen LogP contribution in [0.3, 0.4) is 0 Å². The lowest BCUT2D eigenvalue weighted by Crippen LogP contribution is -2.51. The summed E-state index contributed by atoms with van der Waals surface area (Å²) in [6, 6.07) is 21.2. The number of benzene rings is 3. The number of ether oxygens (including phenoxy) is 1. The van der Waals surface area contributed by atoms with E-state index in [1.165, 1.54) is 4.90 Å². The Labute approximate surface area is 224 Å². The van der Waals surface area contributed by atoms with Gasteiger partial charge in [-0.25, -0.2) is 0 Å². The number of halogens is 3. The number of nitrogens with one attached hydrogen (secondary N) is 1. The maximum Gasteiger partial charge on any atom is 0.261 e. The predicted octanol–water partition coefficient (Wildman–Crippen LogP) is 6.30. The molecule has 0 spiro atoms. The van der Waals surface area contributed by atoms with Crippen molar-refractivity contribution in [2.75, 3.05) is 13.2 Å². The summed E-state index contributed by atoms with van der Waals surface area (Å²) < 4.78 is 6.66. The van der Waals surface area contributed by atoms with E-state index in [4.69, 9.17) is 27.9 Å². The van der Waals surface area contributed by atoms with Crippen LogP contribution in [-0.2, 0) is 22.6 Å². The van der Waals surface area contributed by atoms with Crippen molar-refractivity contribution >= 4 is 50.9 Å². The van der Waals surface area contributed by atoms with Gasteiger partial charge in [-0.05, 0) is 53.9 Å². The van der Waals surface area contributed by atoms with Gasteiger partial charge >= 0.3 is 0 Å². The van der Waals surface area contributed by atoms with E-state index in [1.807, 2.05) is 49.4 Å². The van der Waals surface area contributed by atoms with Crippen molar-refractivity contribution in [3.63, 3.8) is 0 Å². The molecule has 35 heavy (non-hydrogen) atoms. The Kier molecular flexibility index (Phi) is 10.5. The van der Waals surface area contributed by atoms with Gasteiger partial charge in [0.2, 0.25) is 5.91 Å². The summed E-state index contributed by atoms with van der Waals surface area (Å²) in [5.74, 6) is 0.00497. The molecule has 0 aliphatic rings. The first-order valence-corrected chi connectivity index (χ1v) is 12.9. The monoisotopic (exact) mass is 576 g/mol. The second-order valence-corrected chi connectivity index (χ2v) is 9.76. The zero-order chi connectivity index (χ0) is 25.2. The van der Waals surface area contributed by atoms with Crippen LogP contribution in [0.2, 0.25) is 10.0 Å². The first-order valence-electron chi connectivity index (χ1n) is 11.3. The summed E-state index contributed by atoms with van der Waals surface area (Å²) in [4.78, 5) is 28.3. The first-order chi connectivity index (χ1) is 16.9. The van der Waals surface area contributed by atoms with Crippen molar-refractivity contribution in [2.45, 2.75) is 32.4 Å². The lowest BCUT2D eigenvalue weighted by atomic mass is 10.0. The average molecular weight is 578 g/mol. The number of amides is 2. The molecule has 0 aromatic heterocycles. The number of carbonyl (C=O) groups excluding carboxylic acids is 2. The van der Waals surface area contributed by atoms with Crippen molar-refractivity contribution in [3.05, 3.63) is 98.4 Å². The van der Waals surface area contributed by atoms with Crippen LogP contribution < -0.4 is 10.1 Å². The molecule has 3 rings (SSSR count). The van der Waals surface area contributed by atoms with E-state index in [2.05, 4.69) is 21.2 Å². The Morgan fingerprint density at radius 2 is 1.74 bits per heavy atom. The summed E-state index contributed by atoms with van der Waals surface area (Å²) >= 11 is 15.9. The van der Waals surface area contributed by atoms with Gasteiger partial charge < -0.3 is 15.0 Å². The Balaban J connectivity index is 1.91. The van der Waals surface area contributed by atoms with E-state index in [-0.39, 0.29) is 25.0 Å². The minimum Gasteiger partial charge on any atom is -0.484 e. The first kappa shape index (κ1) is 27.1. The maximum atomic E-state index is 13.5. The van der Waals surface area contributed by atoms with Crippen LogP contribution in [-0.4, -0.2) is 35.9 Å². The molecule has 0 heterocycles. The van der Waals surface area contributed by atoms with Gasteiger partial charge in [-0.3, -0.25) is 9.59 Å². The number of carbonyl (C=O) groups is 2. The normalized spacial score (nSPS) is 11.5. The second-order valence-electron chi connectivity index (χ2n) is 8.00. The average Bonchev–Trinajstić information content (AvgIpc) is 2.86. The third kappa shape index (κ3) is 8.27. The minimum atomic E-state index is -0.753. The number of nitrogens with zero attached hydrogens (tertiary/aromatic N) is 1. The summed E-state index contributed by atoms with van der Waals surface area (Å²) in [5.41, 5.74) is 1.63. The Bertz CT molecular complexity index is 1130. The maximum absolute atomic E-state index is 13.5. The highest BCUT2D eigenvalue weighted by molar-refractivity contribution is 9.10. The molecule has 3 aromatic rings. The van der Waals surface area contributed by atoms with Crippen molar-refractivity contribution in [1.82, 2.24) is 10.2 Å². The minimum absolute atomic E-state index is 0.135. The molecule has 0 fully saturated rings. The lowest BCUT2D eigenvalue weighted by Gasteiger charge is -2.31. The van der Waals surface area contributed by atoms with Gasteiger partial charge in [0.15, 0.2) is 6.61 Å². The highest BCUT2D eigenvalue weighted by Gasteiger charge is 2.31. The van der Waals surface area contributed by atoms with Gasteiger partial charge in [0.05, 0.1) is 0 Å². The molecule has 0 unspecified atom stereocenters. The number of rotatable bonds is 11.